The van der Waals surface area contributed by atoms with Gasteiger partial charge in [-0.05, 0) is 62.6 Å². The summed E-state index contributed by atoms with van der Waals surface area (Å²) in [5.41, 5.74) is 5.96. The average Bonchev–Trinajstić information content (AvgIpc) is 2.90. The van der Waals surface area contributed by atoms with Gasteiger partial charge in [-0.15, -0.1) is 0 Å². The van der Waals surface area contributed by atoms with E-state index in [1.165, 1.54) is 16.7 Å². The van der Waals surface area contributed by atoms with Gasteiger partial charge in [-0.25, -0.2) is 0 Å². The number of ether oxygens (including phenoxy) is 1. The molecule has 1 fully saturated rings. The van der Waals surface area contributed by atoms with Gasteiger partial charge in [0.1, 0.15) is 0 Å². The highest BCUT2D eigenvalue weighted by atomic mass is 16.5. The summed E-state index contributed by atoms with van der Waals surface area (Å²) in [7, 11) is 0. The van der Waals surface area contributed by atoms with Crippen LogP contribution in [0.3, 0.4) is 0 Å². The minimum atomic E-state index is -0.0240. The van der Waals surface area contributed by atoms with Gasteiger partial charge in [0.05, 0.1) is 5.60 Å². The zero-order valence-electron chi connectivity index (χ0n) is 24.3. The third-order valence-corrected chi connectivity index (χ3v) is 6.12. The van der Waals surface area contributed by atoms with E-state index >= 15 is 0 Å². The van der Waals surface area contributed by atoms with Gasteiger partial charge in [-0.2, -0.15) is 0 Å². The van der Waals surface area contributed by atoms with Gasteiger partial charge in [0.15, 0.2) is 0 Å². The van der Waals surface area contributed by atoms with Gasteiger partial charge in [0, 0.05) is 12.0 Å². The Morgan fingerprint density at radius 3 is 1.82 bits per heavy atom. The van der Waals surface area contributed by atoms with E-state index in [9.17, 15) is 0 Å². The second kappa shape index (κ2) is 20.7. The van der Waals surface area contributed by atoms with Crippen LogP contribution in [0.15, 0.2) is 48.5 Å². The van der Waals surface area contributed by atoms with Crippen molar-refractivity contribution in [3.63, 3.8) is 0 Å². The highest BCUT2D eigenvalue weighted by Crippen LogP contribution is 2.46. The molecule has 0 N–H and O–H groups in total. The molecule has 0 aromatic heterocycles. The summed E-state index contributed by atoms with van der Waals surface area (Å²) in [5, 5.41) is 0. The fourth-order valence-corrected chi connectivity index (χ4v) is 4.49. The summed E-state index contributed by atoms with van der Waals surface area (Å²) in [4.78, 5) is 0. The highest BCUT2D eigenvalue weighted by molar-refractivity contribution is 5.38. The Balaban J connectivity index is -0.000000969. The lowest BCUT2D eigenvalue weighted by molar-refractivity contribution is -0.0966. The fourth-order valence-electron chi connectivity index (χ4n) is 4.49. The molecule has 0 aliphatic carbocycles. The van der Waals surface area contributed by atoms with Crippen LogP contribution in [0.4, 0.5) is 0 Å². The third kappa shape index (κ3) is 10.8. The first-order chi connectivity index (χ1) is 16.0. The van der Waals surface area contributed by atoms with Gasteiger partial charge in [-0.3, -0.25) is 0 Å². The van der Waals surface area contributed by atoms with Crippen molar-refractivity contribution in [1.82, 2.24) is 0 Å². The van der Waals surface area contributed by atoms with Crippen molar-refractivity contribution in [2.75, 3.05) is 6.61 Å². The molecule has 1 nitrogen and oxygen atoms in total. The molecule has 1 saturated heterocycles. The maximum atomic E-state index is 6.22. The summed E-state index contributed by atoms with van der Waals surface area (Å²) < 4.78 is 6.22. The average molecular weight is 473 g/mol. The smallest absolute Gasteiger partial charge is 0.0660 e. The largest absolute Gasteiger partial charge is 0.375 e. The van der Waals surface area contributed by atoms with Crippen LogP contribution >= 0.6 is 0 Å². The van der Waals surface area contributed by atoms with Gasteiger partial charge in [0.25, 0.3) is 0 Å². The van der Waals surface area contributed by atoms with Crippen LogP contribution in [0.5, 0.6) is 0 Å². The first kappa shape index (κ1) is 37.0. The van der Waals surface area contributed by atoms with E-state index in [1.54, 1.807) is 5.56 Å². The van der Waals surface area contributed by atoms with Gasteiger partial charge in [0.2, 0.25) is 0 Å². The van der Waals surface area contributed by atoms with Crippen molar-refractivity contribution in [3.05, 3.63) is 70.8 Å². The quantitative estimate of drug-likeness (QED) is 0.420. The number of benzene rings is 2. The van der Waals surface area contributed by atoms with Crippen molar-refractivity contribution in [3.8, 4) is 0 Å². The lowest BCUT2D eigenvalue weighted by Crippen LogP contribution is -2.47. The summed E-state index contributed by atoms with van der Waals surface area (Å²) in [6, 6.07) is 18.2. The third-order valence-electron chi connectivity index (χ3n) is 6.12. The molecule has 3 rings (SSSR count). The number of hydrogen-bond acceptors (Lipinski definition) is 1. The zero-order chi connectivity index (χ0) is 25.9. The monoisotopic (exact) mass is 472 g/mol. The maximum absolute atomic E-state index is 6.22. The molecule has 2 atom stereocenters. The molecule has 1 aliphatic heterocycles. The molecule has 1 aliphatic rings. The van der Waals surface area contributed by atoms with Crippen molar-refractivity contribution in [2.24, 2.45) is 0 Å². The predicted octanol–water partition coefficient (Wildman–Crippen LogP) is 10.8. The zero-order valence-corrected chi connectivity index (χ0v) is 24.3. The topological polar surface area (TPSA) is 9.23 Å². The summed E-state index contributed by atoms with van der Waals surface area (Å²) in [6.07, 6.45) is 5.46. The molecule has 1 heterocycles. The van der Waals surface area contributed by atoms with E-state index in [2.05, 4.69) is 76.2 Å². The molecule has 34 heavy (non-hydrogen) atoms. The Hall–Kier alpha value is -1.60. The molecule has 0 saturated carbocycles. The standard InChI is InChI=1S/C24H32O.4C2H6.CH4/c1-5-21-9-7-8-10-22(21)24(15-16-25-23(4,6-2)18-24)17-20-13-11-19(3)12-14-20;4*1-2;/h7-14H,5-6,15-18H2,1-4H3;4*1-2H3;1H4. The van der Waals surface area contributed by atoms with Gasteiger partial charge < -0.3 is 4.74 Å². The predicted molar refractivity (Wildman–Crippen MR) is 158 cm³/mol. The minimum Gasteiger partial charge on any atom is -0.375 e. The fraction of sp³-hybridized carbons (Fsp3) is 0.636. The molecule has 0 amide bonds. The number of rotatable bonds is 5. The summed E-state index contributed by atoms with van der Waals surface area (Å²) in [5.74, 6) is 0. The lowest BCUT2D eigenvalue weighted by atomic mass is 9.64. The van der Waals surface area contributed by atoms with Crippen LogP contribution in [0.2, 0.25) is 0 Å². The van der Waals surface area contributed by atoms with Crippen LogP contribution < -0.4 is 0 Å². The molecule has 2 unspecified atom stereocenters. The Morgan fingerprint density at radius 2 is 1.32 bits per heavy atom. The summed E-state index contributed by atoms with van der Waals surface area (Å²) >= 11 is 0. The Morgan fingerprint density at radius 1 is 0.794 bits per heavy atom. The minimum absolute atomic E-state index is 0. The van der Waals surface area contributed by atoms with Gasteiger partial charge in [-0.1, -0.05) is 131 Å². The number of aryl methyl sites for hydroxylation is 2. The Kier molecular flexibility index (Phi) is 22.6. The van der Waals surface area contributed by atoms with Crippen LogP contribution in [0.25, 0.3) is 0 Å². The second-order valence-electron chi connectivity index (χ2n) is 8.03. The highest BCUT2D eigenvalue weighted by Gasteiger charge is 2.44. The maximum Gasteiger partial charge on any atom is 0.0660 e. The van der Waals surface area contributed by atoms with E-state index in [0.29, 0.717) is 0 Å². The van der Waals surface area contributed by atoms with Crippen LogP contribution in [-0.4, -0.2) is 12.2 Å². The molecule has 0 bridgehead atoms. The van der Waals surface area contributed by atoms with Crippen molar-refractivity contribution < 1.29 is 4.74 Å². The molecular formula is C33H60O. The number of hydrogen-bond donors (Lipinski definition) is 0. The van der Waals surface area contributed by atoms with Gasteiger partial charge >= 0.3 is 0 Å². The Labute approximate surface area is 215 Å². The first-order valence-corrected chi connectivity index (χ1v) is 13.8. The molecule has 1 heteroatoms. The normalized spacial score (nSPS) is 20.2. The van der Waals surface area contributed by atoms with E-state index in [1.807, 2.05) is 55.4 Å². The van der Waals surface area contributed by atoms with Crippen LogP contribution in [0, 0.1) is 6.92 Å². The van der Waals surface area contributed by atoms with E-state index in [4.69, 9.17) is 4.74 Å². The molecular weight excluding hydrogens is 412 g/mol. The molecule has 0 radical (unpaired) electrons. The summed E-state index contributed by atoms with van der Waals surface area (Å²) in [6.45, 7) is 25.8. The van der Waals surface area contributed by atoms with E-state index in [-0.39, 0.29) is 18.4 Å². The molecule has 0 spiro atoms. The molecule has 2 aromatic rings. The van der Waals surface area contributed by atoms with E-state index < -0.39 is 0 Å². The molecule has 2 aromatic carbocycles. The van der Waals surface area contributed by atoms with Crippen LogP contribution in [-0.2, 0) is 23.0 Å². The van der Waals surface area contributed by atoms with Crippen molar-refractivity contribution >= 4 is 0 Å². The van der Waals surface area contributed by atoms with Crippen molar-refractivity contribution in [2.45, 2.75) is 134 Å². The lowest BCUT2D eigenvalue weighted by Gasteiger charge is -2.47. The van der Waals surface area contributed by atoms with E-state index in [0.717, 1.165) is 38.7 Å². The Bertz CT molecular complexity index is 703. The van der Waals surface area contributed by atoms with Crippen LogP contribution in [0.1, 0.15) is 125 Å². The first-order valence-electron chi connectivity index (χ1n) is 13.8. The molecule has 198 valence electrons. The second-order valence-corrected chi connectivity index (χ2v) is 8.03. The van der Waals surface area contributed by atoms with Crippen molar-refractivity contribution in [1.29, 1.82) is 0 Å². The SMILES string of the molecule is C.CC.CC.CC.CC.CCc1ccccc1C1(Cc2ccc(C)cc2)CCOC(C)(CC)C1.